The zero-order valence-electron chi connectivity index (χ0n) is 19.2. The second kappa shape index (κ2) is 9.53. The fraction of sp³-hybridized carbons (Fsp3) is 0.231. The van der Waals surface area contributed by atoms with Gasteiger partial charge in [0.15, 0.2) is 0 Å². The highest BCUT2D eigenvalue weighted by molar-refractivity contribution is 5.92. The molecule has 0 aliphatic carbocycles. The number of methoxy groups -OCH3 is 2. The van der Waals surface area contributed by atoms with Crippen molar-refractivity contribution in [1.29, 1.82) is 5.26 Å². The van der Waals surface area contributed by atoms with Gasteiger partial charge in [0.1, 0.15) is 5.75 Å². The van der Waals surface area contributed by atoms with Crippen LogP contribution in [0.15, 0.2) is 54.7 Å². The van der Waals surface area contributed by atoms with E-state index in [0.717, 1.165) is 16.7 Å². The number of hydrogen-bond donors (Lipinski definition) is 0. The van der Waals surface area contributed by atoms with Gasteiger partial charge in [-0.05, 0) is 59.0 Å². The molecule has 0 spiro atoms. The van der Waals surface area contributed by atoms with Crippen molar-refractivity contribution in [3.05, 3.63) is 81.5 Å². The van der Waals surface area contributed by atoms with Gasteiger partial charge in [-0.1, -0.05) is 20.8 Å². The Kier molecular flexibility index (Phi) is 6.78. The van der Waals surface area contributed by atoms with Gasteiger partial charge in [0, 0.05) is 35.0 Å². The summed E-state index contributed by atoms with van der Waals surface area (Å²) in [6.45, 7) is 6.26. The number of nitro groups is 1. The minimum atomic E-state index is -0.469. The second-order valence-corrected chi connectivity index (χ2v) is 8.43. The van der Waals surface area contributed by atoms with Crippen LogP contribution in [-0.2, 0) is 5.41 Å². The average molecular weight is 444 g/mol. The van der Waals surface area contributed by atoms with Gasteiger partial charge in [-0.15, -0.1) is 0 Å². The lowest BCUT2D eigenvalue weighted by Crippen LogP contribution is -2.14. The van der Waals surface area contributed by atoms with Gasteiger partial charge < -0.3 is 9.47 Å². The van der Waals surface area contributed by atoms with E-state index >= 15 is 0 Å². The van der Waals surface area contributed by atoms with Gasteiger partial charge in [0.25, 0.3) is 5.69 Å². The zero-order chi connectivity index (χ0) is 24.2. The SMILES string of the molecule is COc1ncccc1-c1cc(C=C(C#N)c2ccc([N+](=O)[O-])cc2)c(OC)c(C(C)(C)C)c1. The molecule has 2 aromatic carbocycles. The van der Waals surface area contributed by atoms with Crippen molar-refractivity contribution in [2.75, 3.05) is 14.2 Å². The van der Waals surface area contributed by atoms with Gasteiger partial charge in [-0.25, -0.2) is 4.98 Å². The van der Waals surface area contributed by atoms with Crippen LogP contribution in [0.25, 0.3) is 22.8 Å². The lowest BCUT2D eigenvalue weighted by molar-refractivity contribution is -0.384. The Balaban J connectivity index is 2.26. The van der Waals surface area contributed by atoms with Gasteiger partial charge in [-0.3, -0.25) is 10.1 Å². The molecule has 0 aliphatic rings. The molecule has 0 saturated heterocycles. The Morgan fingerprint density at radius 1 is 1.12 bits per heavy atom. The number of pyridine rings is 1. The number of nitro benzene ring substituents is 1. The minimum absolute atomic E-state index is 0.0330. The molecule has 0 unspecified atom stereocenters. The smallest absolute Gasteiger partial charge is 0.269 e. The van der Waals surface area contributed by atoms with E-state index in [4.69, 9.17) is 9.47 Å². The highest BCUT2D eigenvalue weighted by atomic mass is 16.6. The molecule has 0 atom stereocenters. The third-order valence-corrected chi connectivity index (χ3v) is 5.21. The van der Waals surface area contributed by atoms with E-state index in [9.17, 15) is 15.4 Å². The van der Waals surface area contributed by atoms with Gasteiger partial charge in [0.05, 0.1) is 30.8 Å². The number of hydrogen-bond acceptors (Lipinski definition) is 6. The van der Waals surface area contributed by atoms with Crippen molar-refractivity contribution in [2.24, 2.45) is 0 Å². The third kappa shape index (κ3) is 5.01. The number of benzene rings is 2. The molecule has 0 radical (unpaired) electrons. The fourth-order valence-electron chi connectivity index (χ4n) is 3.57. The maximum absolute atomic E-state index is 11.0. The maximum Gasteiger partial charge on any atom is 0.269 e. The lowest BCUT2D eigenvalue weighted by atomic mass is 9.82. The fourth-order valence-corrected chi connectivity index (χ4v) is 3.57. The Hall–Kier alpha value is -4.18. The molecule has 1 aromatic heterocycles. The Labute approximate surface area is 193 Å². The van der Waals surface area contributed by atoms with Crippen LogP contribution in [0, 0.1) is 21.4 Å². The third-order valence-electron chi connectivity index (χ3n) is 5.21. The summed E-state index contributed by atoms with van der Waals surface area (Å²) < 4.78 is 11.3. The predicted molar refractivity (Wildman–Crippen MR) is 128 cm³/mol. The number of nitriles is 1. The predicted octanol–water partition coefficient (Wildman–Crippen LogP) is 6.04. The molecule has 7 heteroatoms. The van der Waals surface area contributed by atoms with Crippen LogP contribution in [-0.4, -0.2) is 24.1 Å². The van der Waals surface area contributed by atoms with Crippen molar-refractivity contribution >= 4 is 17.3 Å². The van der Waals surface area contributed by atoms with Crippen LogP contribution in [0.2, 0.25) is 0 Å². The van der Waals surface area contributed by atoms with E-state index < -0.39 is 4.92 Å². The number of allylic oxidation sites excluding steroid dienone is 1. The molecule has 3 rings (SSSR count). The topological polar surface area (TPSA) is 98.3 Å². The standard InChI is InChI=1S/C26H25N3O4/c1-26(2,3)23-15-18(22-7-6-12-28-25(22)33-5)13-19(24(23)32-4)14-20(16-27)17-8-10-21(11-9-17)29(30)31/h6-15H,1-5H3. The summed E-state index contributed by atoms with van der Waals surface area (Å²) in [6, 6.07) is 15.9. The van der Waals surface area contributed by atoms with Crippen LogP contribution >= 0.6 is 0 Å². The quantitative estimate of drug-likeness (QED) is 0.199. The van der Waals surface area contributed by atoms with Gasteiger partial charge in [-0.2, -0.15) is 5.26 Å². The highest BCUT2D eigenvalue weighted by Crippen LogP contribution is 2.41. The largest absolute Gasteiger partial charge is 0.496 e. The number of rotatable bonds is 6. The van der Waals surface area contributed by atoms with E-state index in [0.29, 0.717) is 28.3 Å². The van der Waals surface area contributed by atoms with Crippen LogP contribution in [0.1, 0.15) is 37.5 Å². The molecule has 33 heavy (non-hydrogen) atoms. The van der Waals surface area contributed by atoms with Crippen LogP contribution in [0.4, 0.5) is 5.69 Å². The first-order valence-corrected chi connectivity index (χ1v) is 10.3. The molecule has 0 saturated carbocycles. The van der Waals surface area contributed by atoms with Crippen LogP contribution in [0.3, 0.4) is 0 Å². The average Bonchev–Trinajstić information content (AvgIpc) is 2.81. The van der Waals surface area contributed by atoms with Gasteiger partial charge in [0.2, 0.25) is 5.88 Å². The van der Waals surface area contributed by atoms with Gasteiger partial charge >= 0.3 is 0 Å². The molecule has 0 N–H and O–H groups in total. The van der Waals surface area contributed by atoms with E-state index in [-0.39, 0.29) is 11.1 Å². The maximum atomic E-state index is 11.0. The summed E-state index contributed by atoms with van der Waals surface area (Å²) in [5.41, 5.74) is 4.01. The molecule has 0 aliphatic heterocycles. The van der Waals surface area contributed by atoms with Crippen LogP contribution in [0.5, 0.6) is 11.6 Å². The van der Waals surface area contributed by atoms with Crippen molar-refractivity contribution in [3.63, 3.8) is 0 Å². The summed E-state index contributed by atoms with van der Waals surface area (Å²) >= 11 is 0. The van der Waals surface area contributed by atoms with Crippen molar-refractivity contribution in [2.45, 2.75) is 26.2 Å². The zero-order valence-corrected chi connectivity index (χ0v) is 19.2. The molecule has 168 valence electrons. The molecule has 0 fully saturated rings. The molecule has 1 heterocycles. The van der Waals surface area contributed by atoms with E-state index in [1.54, 1.807) is 38.6 Å². The monoisotopic (exact) mass is 443 g/mol. The highest BCUT2D eigenvalue weighted by Gasteiger charge is 2.23. The van der Waals surface area contributed by atoms with Crippen molar-refractivity contribution < 1.29 is 14.4 Å². The van der Waals surface area contributed by atoms with Crippen molar-refractivity contribution in [3.8, 4) is 28.8 Å². The first kappa shape index (κ1) is 23.5. The number of nitrogens with zero attached hydrogens (tertiary/aromatic N) is 3. The molecule has 0 amide bonds. The van der Waals surface area contributed by atoms with E-state index in [1.807, 2.05) is 24.3 Å². The van der Waals surface area contributed by atoms with E-state index in [1.165, 1.54) is 12.1 Å². The lowest BCUT2D eigenvalue weighted by Gasteiger charge is -2.25. The van der Waals surface area contributed by atoms with Crippen molar-refractivity contribution in [1.82, 2.24) is 4.98 Å². The van der Waals surface area contributed by atoms with Crippen LogP contribution < -0.4 is 9.47 Å². The summed E-state index contributed by atoms with van der Waals surface area (Å²) in [4.78, 5) is 14.8. The first-order valence-electron chi connectivity index (χ1n) is 10.3. The summed E-state index contributed by atoms with van der Waals surface area (Å²) in [5, 5.41) is 20.8. The number of aromatic nitrogens is 1. The second-order valence-electron chi connectivity index (χ2n) is 8.43. The molecule has 0 bridgehead atoms. The molecule has 7 nitrogen and oxygen atoms in total. The molecular formula is C26H25N3O4. The summed E-state index contributed by atoms with van der Waals surface area (Å²) in [6.07, 6.45) is 3.40. The number of non-ortho nitro benzene ring substituents is 1. The minimum Gasteiger partial charge on any atom is -0.496 e. The Morgan fingerprint density at radius 3 is 2.36 bits per heavy atom. The normalized spacial score (nSPS) is 11.6. The summed E-state index contributed by atoms with van der Waals surface area (Å²) in [5.74, 6) is 1.15. The number of ether oxygens (including phenoxy) is 2. The first-order chi connectivity index (χ1) is 15.7. The Bertz CT molecular complexity index is 1250. The molecule has 3 aromatic rings. The summed E-state index contributed by atoms with van der Waals surface area (Å²) in [7, 11) is 3.17. The molecular weight excluding hydrogens is 418 g/mol. The Morgan fingerprint density at radius 2 is 1.82 bits per heavy atom. The van der Waals surface area contributed by atoms with E-state index in [2.05, 4.69) is 31.8 Å².